The van der Waals surface area contributed by atoms with Crippen LogP contribution in [0.3, 0.4) is 0 Å². The Hall–Kier alpha value is -3.29. The van der Waals surface area contributed by atoms with Crippen molar-refractivity contribution in [1.29, 1.82) is 0 Å². The molecule has 0 heterocycles. The zero-order valence-electron chi connectivity index (χ0n) is 36.7. The molecule has 0 radical (unpaired) electrons. The van der Waals surface area contributed by atoms with Crippen molar-refractivity contribution >= 4 is 52.2 Å². The van der Waals surface area contributed by atoms with Gasteiger partial charge in [0.2, 0.25) is 0 Å². The molecule has 0 N–H and O–H groups in total. The Balaban J connectivity index is 0.000000348. The topological polar surface area (TPSA) is 0 Å². The summed E-state index contributed by atoms with van der Waals surface area (Å²) in [5, 5.41) is 1.53. The second-order valence-electron chi connectivity index (χ2n) is 16.0. The molecule has 0 aromatic heterocycles. The van der Waals surface area contributed by atoms with E-state index in [9.17, 15) is 0 Å². The number of rotatable bonds is 3. The molecule has 1 unspecified atom stereocenters. The average Bonchev–Trinajstić information content (AvgIpc) is 3.82. The monoisotopic (exact) mass is 948 g/mol. The van der Waals surface area contributed by atoms with Crippen molar-refractivity contribution in [1.82, 2.24) is 0 Å². The molecular weight excluding hydrogens is 894 g/mol. The Morgan fingerprint density at radius 1 is 0.650 bits per heavy atom. The predicted molar refractivity (Wildman–Crippen MR) is 264 cm³/mol. The third kappa shape index (κ3) is 14.7. The second-order valence-corrected chi connectivity index (χ2v) is 16.9. The van der Waals surface area contributed by atoms with E-state index in [1.807, 2.05) is 0 Å². The molecule has 2 aliphatic rings. The molecule has 8 rings (SSSR count). The molecule has 5 heteroatoms. The van der Waals surface area contributed by atoms with Crippen LogP contribution in [0.15, 0.2) is 121 Å². The predicted octanol–water partition coefficient (Wildman–Crippen LogP) is 16.7. The fourth-order valence-electron chi connectivity index (χ4n) is 7.61. The molecule has 1 atom stereocenters. The van der Waals surface area contributed by atoms with Crippen LogP contribution in [0, 0.1) is 77.2 Å². The van der Waals surface area contributed by atoms with E-state index in [2.05, 4.69) is 164 Å². The van der Waals surface area contributed by atoms with Crippen LogP contribution in [0.2, 0.25) is 10.0 Å². The number of hydrogen-bond donors (Lipinski definition) is 0. The van der Waals surface area contributed by atoms with Gasteiger partial charge in [-0.3, -0.25) is 6.08 Å². The summed E-state index contributed by atoms with van der Waals surface area (Å²) >= 11 is 12.3. The summed E-state index contributed by atoms with van der Waals surface area (Å²) in [6.07, 6.45) is 9.96. The minimum atomic E-state index is 0. The normalized spacial score (nSPS) is 12.7. The van der Waals surface area contributed by atoms with E-state index in [0.29, 0.717) is 11.3 Å². The Kier molecular flexibility index (Phi) is 22.0. The van der Waals surface area contributed by atoms with E-state index >= 15 is 0 Å². The average molecular weight is 952 g/mol. The molecule has 314 valence electrons. The van der Waals surface area contributed by atoms with Crippen LogP contribution in [0.5, 0.6) is 0 Å². The number of hydrogen-bond acceptors (Lipinski definition) is 0. The number of allylic oxidation sites excluding steroid dienone is 4. The second kappa shape index (κ2) is 25.0. The quantitative estimate of drug-likeness (QED) is 0.155. The van der Waals surface area contributed by atoms with Crippen molar-refractivity contribution in [2.24, 2.45) is 11.3 Å². The van der Waals surface area contributed by atoms with Crippen molar-refractivity contribution in [3.63, 3.8) is 0 Å². The fourth-order valence-corrected chi connectivity index (χ4v) is 7.86. The summed E-state index contributed by atoms with van der Waals surface area (Å²) in [5.74, 6) is 0.573. The summed E-state index contributed by atoms with van der Waals surface area (Å²) in [5.41, 5.74) is 20.4. The standard InChI is InChI=1S/C31H29.C11H17.2C6H4Cl.CH2.2ClH.Zr/c1-18-11-20(3)30(21(4)12-18)24-7-9-28-26(15-24)17-27-16-25(8-10-29(27)28)31-22(5)13-19(2)14-23(31)6;1-5-9-6-7-10(8-9)11(2,3)4;2*7-6-4-2-1-3-5-6;;;;/h7-15H,17H2,1-6H3;7-9H,5H2,1-4H3;2*2-5H;1H2;2*1H;/q4*-1;;;;. The summed E-state index contributed by atoms with van der Waals surface area (Å²) in [7, 11) is 0. The molecule has 0 bridgehead atoms. The Labute approximate surface area is 399 Å². The maximum atomic E-state index is 5.52. The first-order valence-corrected chi connectivity index (χ1v) is 22.4. The van der Waals surface area contributed by atoms with Gasteiger partial charge in [0, 0.05) is 0 Å². The van der Waals surface area contributed by atoms with Gasteiger partial charge in [0.15, 0.2) is 0 Å². The summed E-state index contributed by atoms with van der Waals surface area (Å²) in [6.45, 7) is 22.2. The summed E-state index contributed by atoms with van der Waals surface area (Å²) < 4.78 is 3.34. The third-order valence-electron chi connectivity index (χ3n) is 10.2. The molecule has 0 nitrogen and oxygen atoms in total. The van der Waals surface area contributed by atoms with E-state index in [0.717, 1.165) is 16.5 Å². The third-order valence-corrected chi connectivity index (χ3v) is 10.7. The van der Waals surface area contributed by atoms with Crippen LogP contribution >= 0.6 is 48.0 Å². The van der Waals surface area contributed by atoms with E-state index < -0.39 is 0 Å². The molecule has 0 fully saturated rings. The summed E-state index contributed by atoms with van der Waals surface area (Å²) in [4.78, 5) is 0. The molecule has 0 amide bonds. The number of aryl methyl sites for hydroxylation is 6. The van der Waals surface area contributed by atoms with Gasteiger partial charge in [0.1, 0.15) is 0 Å². The van der Waals surface area contributed by atoms with Crippen LogP contribution in [0.25, 0.3) is 33.4 Å². The van der Waals surface area contributed by atoms with E-state index in [1.54, 1.807) is 48.5 Å². The summed E-state index contributed by atoms with van der Waals surface area (Å²) in [6, 6.07) is 44.4. The van der Waals surface area contributed by atoms with Crippen LogP contribution < -0.4 is 0 Å². The molecule has 6 aromatic carbocycles. The minimum absolute atomic E-state index is 0. The van der Waals surface area contributed by atoms with Gasteiger partial charge in [-0.15, -0.1) is 77.3 Å². The van der Waals surface area contributed by atoms with Gasteiger partial charge in [0.05, 0.1) is 0 Å². The Bertz CT molecular complexity index is 2160. The number of fused-ring (bicyclic) bond motifs is 3. The molecule has 0 saturated heterocycles. The van der Waals surface area contributed by atoms with Crippen molar-refractivity contribution in [3.8, 4) is 33.4 Å². The van der Waals surface area contributed by atoms with Gasteiger partial charge in [0.25, 0.3) is 0 Å². The molecular formula is C55H58Cl4Zr-4. The van der Waals surface area contributed by atoms with Gasteiger partial charge in [-0.2, -0.15) is 72.3 Å². The zero-order valence-corrected chi connectivity index (χ0v) is 42.3. The molecule has 6 aromatic rings. The molecule has 0 aliphatic heterocycles. The fraction of sp³-hybridized carbons (Fsp3) is 0.255. The van der Waals surface area contributed by atoms with Gasteiger partial charge >= 0.3 is 28.4 Å². The SMILES string of the molecule is CCC1[C-]=CC(C(C)(C)C)=C1.Cc1cc(C)c(-c2[c-]c3c(cc2)-c2ccc(-c4c(C)cc(C)cc4C)cc2C3)c(C)c1.Cl.Cl.Clc1cc[c-]cc1.Clc1cc[c-]cc1.[CH2]=[Zr]. The van der Waals surface area contributed by atoms with Crippen LogP contribution in [-0.4, -0.2) is 4.21 Å². The first-order chi connectivity index (χ1) is 27.6. The van der Waals surface area contributed by atoms with Crippen molar-refractivity contribution in [2.75, 3.05) is 0 Å². The Morgan fingerprint density at radius 3 is 1.52 bits per heavy atom. The van der Waals surface area contributed by atoms with Crippen molar-refractivity contribution < 1.29 is 24.2 Å². The molecule has 2 aliphatic carbocycles. The van der Waals surface area contributed by atoms with Crippen LogP contribution in [0.4, 0.5) is 0 Å². The number of halogens is 4. The van der Waals surface area contributed by atoms with Crippen LogP contribution in [0.1, 0.15) is 78.6 Å². The van der Waals surface area contributed by atoms with Crippen molar-refractivity contribution in [2.45, 2.75) is 82.1 Å². The molecule has 60 heavy (non-hydrogen) atoms. The van der Waals surface area contributed by atoms with Gasteiger partial charge in [-0.05, 0) is 75.8 Å². The maximum absolute atomic E-state index is 5.52. The molecule has 0 spiro atoms. The van der Waals surface area contributed by atoms with Gasteiger partial charge < -0.3 is 0 Å². The van der Waals surface area contributed by atoms with E-state index in [1.165, 1.54) is 114 Å². The van der Waals surface area contributed by atoms with Gasteiger partial charge in [-0.1, -0.05) is 137 Å². The first-order valence-electron chi connectivity index (χ1n) is 19.9. The van der Waals surface area contributed by atoms with E-state index in [-0.39, 0.29) is 24.8 Å². The number of benzene rings is 6. The van der Waals surface area contributed by atoms with Crippen LogP contribution in [-0.2, 0) is 30.7 Å². The zero-order chi connectivity index (χ0) is 42.6. The van der Waals surface area contributed by atoms with Crippen molar-refractivity contribution in [3.05, 3.63) is 200 Å². The van der Waals surface area contributed by atoms with Gasteiger partial charge in [-0.25, -0.2) is 6.08 Å². The first kappa shape index (κ1) is 52.9. The Morgan fingerprint density at radius 2 is 1.12 bits per heavy atom. The molecule has 0 saturated carbocycles. The van der Waals surface area contributed by atoms with E-state index in [4.69, 9.17) is 23.2 Å².